The van der Waals surface area contributed by atoms with Crippen LogP contribution in [0.15, 0.2) is 6.33 Å². The lowest BCUT2D eigenvalue weighted by Gasteiger charge is -1.83. The molecule has 1 rings (SSSR count). The van der Waals surface area contributed by atoms with E-state index < -0.39 is 0 Å². The van der Waals surface area contributed by atoms with Crippen LogP contribution in [-0.2, 0) is 6.54 Å². The number of rotatable bonds is 1. The number of aromatic nitrogens is 4. The predicted octanol–water partition coefficient (Wildman–Crippen LogP) is -0.694. The van der Waals surface area contributed by atoms with Crippen molar-refractivity contribution < 1.29 is 0 Å². The van der Waals surface area contributed by atoms with Gasteiger partial charge in [0.15, 0.2) is 0 Å². The fraction of sp³-hybridized carbons (Fsp3) is 0.250. The summed E-state index contributed by atoms with van der Waals surface area (Å²) in [5.41, 5.74) is 0. The molecule has 1 aromatic rings. The molecule has 0 aromatic carbocycles. The lowest BCUT2D eigenvalue weighted by atomic mass is 10.7. The summed E-state index contributed by atoms with van der Waals surface area (Å²) < 4.78 is 1.47. The highest BCUT2D eigenvalue weighted by Crippen LogP contribution is 1.71. The SMILES string of the molecule is C#CCn1cnnn1. The van der Waals surface area contributed by atoms with Crippen LogP contribution in [-0.4, -0.2) is 20.2 Å². The Morgan fingerprint density at radius 1 is 1.75 bits per heavy atom. The van der Waals surface area contributed by atoms with Gasteiger partial charge in [-0.1, -0.05) is 5.92 Å². The number of hydrogen-bond donors (Lipinski definition) is 0. The standard InChI is InChI=1S/C4H4N4/c1-2-3-8-4-5-6-7-8/h1,4H,3H2. The summed E-state index contributed by atoms with van der Waals surface area (Å²) in [6.45, 7) is 0.438. The Morgan fingerprint density at radius 3 is 3.12 bits per heavy atom. The van der Waals surface area contributed by atoms with E-state index in [-0.39, 0.29) is 0 Å². The number of hydrogen-bond acceptors (Lipinski definition) is 3. The third-order valence-electron chi connectivity index (χ3n) is 0.645. The average Bonchev–Trinajstić information content (AvgIpc) is 2.19. The summed E-state index contributed by atoms with van der Waals surface area (Å²) >= 11 is 0. The van der Waals surface area contributed by atoms with Crippen molar-refractivity contribution in [3.8, 4) is 12.3 Å². The molecule has 0 fully saturated rings. The minimum atomic E-state index is 0.438. The molecule has 0 saturated carbocycles. The molecule has 4 nitrogen and oxygen atoms in total. The van der Waals surface area contributed by atoms with E-state index in [1.807, 2.05) is 0 Å². The predicted molar refractivity (Wildman–Crippen MR) is 26.6 cm³/mol. The van der Waals surface area contributed by atoms with Crippen LogP contribution >= 0.6 is 0 Å². The molecule has 4 heteroatoms. The average molecular weight is 108 g/mol. The van der Waals surface area contributed by atoms with Crippen molar-refractivity contribution in [3.63, 3.8) is 0 Å². The van der Waals surface area contributed by atoms with Gasteiger partial charge in [-0.2, -0.15) is 0 Å². The van der Waals surface area contributed by atoms with Crippen molar-refractivity contribution in [2.24, 2.45) is 0 Å². The van der Waals surface area contributed by atoms with E-state index in [1.165, 1.54) is 11.0 Å². The minimum absolute atomic E-state index is 0.438. The number of terminal acetylenes is 1. The van der Waals surface area contributed by atoms with Crippen molar-refractivity contribution in [2.45, 2.75) is 6.54 Å². The monoisotopic (exact) mass is 108 g/mol. The molecule has 0 radical (unpaired) electrons. The Bertz CT molecular complexity index is 182. The highest BCUT2D eigenvalue weighted by molar-refractivity contribution is 4.82. The largest absolute Gasteiger partial charge is 0.221 e. The van der Waals surface area contributed by atoms with Gasteiger partial charge in [-0.15, -0.1) is 11.5 Å². The van der Waals surface area contributed by atoms with E-state index in [1.54, 1.807) is 0 Å². The Kier molecular flexibility index (Phi) is 1.24. The number of nitrogens with zero attached hydrogens (tertiary/aromatic N) is 4. The van der Waals surface area contributed by atoms with Gasteiger partial charge >= 0.3 is 0 Å². The van der Waals surface area contributed by atoms with Crippen molar-refractivity contribution in [1.82, 2.24) is 20.2 Å². The van der Waals surface area contributed by atoms with Gasteiger partial charge in [0.1, 0.15) is 12.9 Å². The topological polar surface area (TPSA) is 43.6 Å². The van der Waals surface area contributed by atoms with Crippen molar-refractivity contribution in [3.05, 3.63) is 6.33 Å². The Labute approximate surface area is 46.5 Å². The van der Waals surface area contributed by atoms with E-state index in [2.05, 4.69) is 21.4 Å². The maximum atomic E-state index is 4.95. The molecule has 0 aliphatic rings. The van der Waals surface area contributed by atoms with Crippen LogP contribution in [0.3, 0.4) is 0 Å². The summed E-state index contributed by atoms with van der Waals surface area (Å²) in [6.07, 6.45) is 6.43. The van der Waals surface area contributed by atoms with E-state index in [4.69, 9.17) is 6.42 Å². The quantitative estimate of drug-likeness (QED) is 0.447. The Hall–Kier alpha value is -1.37. The van der Waals surface area contributed by atoms with E-state index in [0.29, 0.717) is 6.54 Å². The molecular weight excluding hydrogens is 104 g/mol. The van der Waals surface area contributed by atoms with Crippen LogP contribution in [0.1, 0.15) is 0 Å². The fourth-order valence-corrected chi connectivity index (χ4v) is 0.346. The smallest absolute Gasteiger partial charge is 0.139 e. The normalized spacial score (nSPS) is 8.38. The zero-order valence-corrected chi connectivity index (χ0v) is 4.15. The first-order chi connectivity index (χ1) is 3.93. The molecule has 0 aliphatic carbocycles. The first-order valence-electron chi connectivity index (χ1n) is 2.07. The Balaban J connectivity index is 2.67. The molecule has 8 heavy (non-hydrogen) atoms. The summed E-state index contributed by atoms with van der Waals surface area (Å²) in [5, 5.41) is 10.3. The summed E-state index contributed by atoms with van der Waals surface area (Å²) in [5.74, 6) is 2.39. The van der Waals surface area contributed by atoms with Gasteiger partial charge in [-0.05, 0) is 10.4 Å². The molecule has 0 amide bonds. The van der Waals surface area contributed by atoms with Crippen LogP contribution in [0.25, 0.3) is 0 Å². The second kappa shape index (κ2) is 2.07. The van der Waals surface area contributed by atoms with Gasteiger partial charge in [0.25, 0.3) is 0 Å². The van der Waals surface area contributed by atoms with Crippen molar-refractivity contribution in [1.29, 1.82) is 0 Å². The first kappa shape index (κ1) is 4.78. The molecular formula is C4H4N4. The molecule has 0 aliphatic heterocycles. The Morgan fingerprint density at radius 2 is 2.62 bits per heavy atom. The van der Waals surface area contributed by atoms with Crippen LogP contribution in [0.4, 0.5) is 0 Å². The van der Waals surface area contributed by atoms with Gasteiger partial charge < -0.3 is 0 Å². The lowest BCUT2D eigenvalue weighted by molar-refractivity contribution is 0.670. The van der Waals surface area contributed by atoms with Gasteiger partial charge in [0.2, 0.25) is 0 Å². The third-order valence-corrected chi connectivity index (χ3v) is 0.645. The van der Waals surface area contributed by atoms with Gasteiger partial charge in [0.05, 0.1) is 0 Å². The maximum absolute atomic E-state index is 4.95. The van der Waals surface area contributed by atoms with Crippen LogP contribution in [0.2, 0.25) is 0 Å². The second-order valence-electron chi connectivity index (χ2n) is 1.21. The van der Waals surface area contributed by atoms with Gasteiger partial charge in [-0.3, -0.25) is 0 Å². The third kappa shape index (κ3) is 0.819. The molecule has 1 heterocycles. The summed E-state index contributed by atoms with van der Waals surface area (Å²) in [7, 11) is 0. The maximum Gasteiger partial charge on any atom is 0.139 e. The van der Waals surface area contributed by atoms with Gasteiger partial charge in [0, 0.05) is 0 Å². The minimum Gasteiger partial charge on any atom is -0.221 e. The molecule has 0 spiro atoms. The van der Waals surface area contributed by atoms with Crippen LogP contribution < -0.4 is 0 Å². The molecule has 0 N–H and O–H groups in total. The first-order valence-corrected chi connectivity index (χ1v) is 2.07. The zero-order chi connectivity index (χ0) is 5.82. The second-order valence-corrected chi connectivity index (χ2v) is 1.21. The molecule has 0 atom stereocenters. The van der Waals surface area contributed by atoms with Crippen LogP contribution in [0.5, 0.6) is 0 Å². The molecule has 0 unspecified atom stereocenters. The van der Waals surface area contributed by atoms with Crippen molar-refractivity contribution in [2.75, 3.05) is 0 Å². The van der Waals surface area contributed by atoms with E-state index in [0.717, 1.165) is 0 Å². The van der Waals surface area contributed by atoms with Gasteiger partial charge in [-0.25, -0.2) is 4.68 Å². The fourth-order valence-electron chi connectivity index (χ4n) is 0.346. The van der Waals surface area contributed by atoms with E-state index in [9.17, 15) is 0 Å². The van der Waals surface area contributed by atoms with Crippen molar-refractivity contribution >= 4 is 0 Å². The number of tetrazole rings is 1. The summed E-state index contributed by atoms with van der Waals surface area (Å²) in [6, 6.07) is 0. The molecule has 40 valence electrons. The van der Waals surface area contributed by atoms with E-state index >= 15 is 0 Å². The highest BCUT2D eigenvalue weighted by Gasteiger charge is 1.82. The van der Waals surface area contributed by atoms with Crippen LogP contribution in [0, 0.1) is 12.3 Å². The highest BCUT2D eigenvalue weighted by atomic mass is 15.5. The molecule has 1 aromatic heterocycles. The summed E-state index contributed by atoms with van der Waals surface area (Å²) in [4.78, 5) is 0. The zero-order valence-electron chi connectivity index (χ0n) is 4.15. The molecule has 0 saturated heterocycles. The lowest BCUT2D eigenvalue weighted by Crippen LogP contribution is -1.94. The molecule has 0 bridgehead atoms.